The summed E-state index contributed by atoms with van der Waals surface area (Å²) >= 11 is 5.27. The molecule has 3 nitrogen and oxygen atoms in total. The Bertz CT molecular complexity index is 478. The monoisotopic (exact) mass is 313 g/mol. The Labute approximate surface area is 114 Å². The third-order valence-electron chi connectivity index (χ3n) is 2.73. The minimum Gasteiger partial charge on any atom is -0.312 e. The van der Waals surface area contributed by atoms with Gasteiger partial charge in [0.25, 0.3) is 0 Å². The van der Waals surface area contributed by atoms with E-state index in [1.165, 1.54) is 10.4 Å². The van der Waals surface area contributed by atoms with Crippen LogP contribution in [0, 0.1) is 0 Å². The second-order valence-corrected chi connectivity index (χ2v) is 5.78. The van der Waals surface area contributed by atoms with Crippen LogP contribution in [0.3, 0.4) is 0 Å². The van der Waals surface area contributed by atoms with E-state index in [9.17, 15) is 0 Å². The van der Waals surface area contributed by atoms with Gasteiger partial charge in [0.05, 0.1) is 6.20 Å². The normalized spacial score (nSPS) is 12.9. The van der Waals surface area contributed by atoms with Gasteiger partial charge in [0, 0.05) is 33.5 Å². The first-order valence-electron chi connectivity index (χ1n) is 5.65. The summed E-state index contributed by atoms with van der Waals surface area (Å²) in [5.74, 6) is 0. The summed E-state index contributed by atoms with van der Waals surface area (Å²) < 4.78 is 3.12. The molecule has 0 amide bonds. The number of hydrogen-bond acceptors (Lipinski definition) is 3. The van der Waals surface area contributed by atoms with Gasteiger partial charge in [-0.2, -0.15) is 5.10 Å². The quantitative estimate of drug-likeness (QED) is 0.918. The van der Waals surface area contributed by atoms with Crippen molar-refractivity contribution in [3.8, 4) is 0 Å². The van der Waals surface area contributed by atoms with Crippen molar-refractivity contribution in [2.24, 2.45) is 0 Å². The highest BCUT2D eigenvalue weighted by molar-refractivity contribution is 9.10. The molecule has 1 unspecified atom stereocenters. The number of likely N-dealkylation sites (N-methyl/N-ethyl adjacent to an activating group) is 1. The van der Waals surface area contributed by atoms with E-state index in [2.05, 4.69) is 50.9 Å². The lowest BCUT2D eigenvalue weighted by Gasteiger charge is -2.12. The summed E-state index contributed by atoms with van der Waals surface area (Å²) in [5.41, 5.74) is 1.27. The largest absolute Gasteiger partial charge is 0.312 e. The molecular weight excluding hydrogens is 298 g/mol. The van der Waals surface area contributed by atoms with Crippen molar-refractivity contribution >= 4 is 27.3 Å². The molecule has 2 aromatic rings. The Balaban J connectivity index is 2.09. The highest BCUT2D eigenvalue weighted by Crippen LogP contribution is 2.27. The van der Waals surface area contributed by atoms with E-state index in [1.807, 2.05) is 17.9 Å². The minimum atomic E-state index is 0.362. The van der Waals surface area contributed by atoms with E-state index in [4.69, 9.17) is 0 Å². The maximum atomic E-state index is 4.30. The van der Waals surface area contributed by atoms with E-state index in [-0.39, 0.29) is 0 Å². The first-order chi connectivity index (χ1) is 8.22. The number of thiophene rings is 1. The maximum Gasteiger partial charge on any atom is 0.0522 e. The molecule has 0 radical (unpaired) electrons. The van der Waals surface area contributed by atoms with Gasteiger partial charge in [-0.05, 0) is 48.0 Å². The number of aromatic nitrogens is 2. The van der Waals surface area contributed by atoms with Gasteiger partial charge in [-0.3, -0.25) is 4.68 Å². The van der Waals surface area contributed by atoms with E-state index >= 15 is 0 Å². The van der Waals surface area contributed by atoms with Gasteiger partial charge >= 0.3 is 0 Å². The van der Waals surface area contributed by atoms with Crippen molar-refractivity contribution in [1.82, 2.24) is 15.1 Å². The van der Waals surface area contributed by atoms with Crippen molar-refractivity contribution in [3.63, 3.8) is 0 Å². The molecule has 0 aliphatic heterocycles. The summed E-state index contributed by atoms with van der Waals surface area (Å²) in [6.45, 7) is 3.03. The van der Waals surface area contributed by atoms with Gasteiger partial charge in [0.15, 0.2) is 0 Å². The van der Waals surface area contributed by atoms with Crippen LogP contribution in [0.25, 0.3) is 0 Å². The second-order valence-electron chi connectivity index (χ2n) is 3.92. The number of halogens is 1. The van der Waals surface area contributed by atoms with Gasteiger partial charge in [-0.15, -0.1) is 11.3 Å². The molecule has 5 heteroatoms. The van der Waals surface area contributed by atoms with Crippen molar-refractivity contribution in [2.75, 3.05) is 7.05 Å². The summed E-state index contributed by atoms with van der Waals surface area (Å²) in [5, 5.41) is 9.78. The van der Waals surface area contributed by atoms with Crippen LogP contribution < -0.4 is 5.32 Å². The van der Waals surface area contributed by atoms with Crippen LogP contribution in [0.15, 0.2) is 28.3 Å². The molecule has 0 aliphatic carbocycles. The third-order valence-corrected chi connectivity index (χ3v) is 4.54. The average molecular weight is 314 g/mol. The van der Waals surface area contributed by atoms with Crippen molar-refractivity contribution in [3.05, 3.63) is 38.8 Å². The Kier molecular flexibility index (Phi) is 4.36. The molecule has 0 aromatic carbocycles. The SMILES string of the molecule is CCn1cc(CC(NC)c2cc(Br)cs2)cn1. The lowest BCUT2D eigenvalue weighted by atomic mass is 10.1. The van der Waals surface area contributed by atoms with E-state index in [0.717, 1.165) is 17.4 Å². The van der Waals surface area contributed by atoms with E-state index < -0.39 is 0 Å². The molecule has 92 valence electrons. The Morgan fingerprint density at radius 2 is 2.41 bits per heavy atom. The second kappa shape index (κ2) is 5.80. The molecule has 0 saturated heterocycles. The van der Waals surface area contributed by atoms with Gasteiger partial charge in [0.2, 0.25) is 0 Å². The number of aryl methyl sites for hydroxylation is 1. The predicted octanol–water partition coefficient (Wildman–Crippen LogP) is 3.23. The molecule has 1 atom stereocenters. The highest BCUT2D eigenvalue weighted by Gasteiger charge is 2.13. The number of nitrogens with one attached hydrogen (secondary N) is 1. The first kappa shape index (κ1) is 12.8. The molecular formula is C12H16BrN3S. The number of rotatable bonds is 5. The maximum absolute atomic E-state index is 4.30. The molecule has 0 fully saturated rings. The minimum absolute atomic E-state index is 0.362. The summed E-state index contributed by atoms with van der Waals surface area (Å²) in [6, 6.07) is 2.54. The molecule has 1 N–H and O–H groups in total. The van der Waals surface area contributed by atoms with Crippen LogP contribution in [0.5, 0.6) is 0 Å². The summed E-state index contributed by atoms with van der Waals surface area (Å²) in [4.78, 5) is 1.35. The van der Waals surface area contributed by atoms with Crippen LogP contribution >= 0.6 is 27.3 Å². The lowest BCUT2D eigenvalue weighted by molar-refractivity contribution is 0.600. The zero-order valence-corrected chi connectivity index (χ0v) is 12.4. The molecule has 0 saturated carbocycles. The first-order valence-corrected chi connectivity index (χ1v) is 7.32. The third kappa shape index (κ3) is 3.18. The fourth-order valence-electron chi connectivity index (χ4n) is 1.78. The van der Waals surface area contributed by atoms with Gasteiger partial charge in [-0.25, -0.2) is 0 Å². The summed E-state index contributed by atoms with van der Waals surface area (Å²) in [7, 11) is 2.00. The topological polar surface area (TPSA) is 29.9 Å². The molecule has 0 aliphatic rings. The van der Waals surface area contributed by atoms with Gasteiger partial charge in [0.1, 0.15) is 0 Å². The van der Waals surface area contributed by atoms with E-state index in [0.29, 0.717) is 6.04 Å². The molecule has 2 heterocycles. The van der Waals surface area contributed by atoms with Gasteiger partial charge < -0.3 is 5.32 Å². The molecule has 17 heavy (non-hydrogen) atoms. The van der Waals surface area contributed by atoms with Crippen LogP contribution in [0.2, 0.25) is 0 Å². The highest BCUT2D eigenvalue weighted by atomic mass is 79.9. The van der Waals surface area contributed by atoms with Crippen LogP contribution in [-0.2, 0) is 13.0 Å². The zero-order chi connectivity index (χ0) is 12.3. The van der Waals surface area contributed by atoms with Crippen LogP contribution in [-0.4, -0.2) is 16.8 Å². The number of nitrogens with zero attached hydrogens (tertiary/aromatic N) is 2. The fourth-order valence-corrected chi connectivity index (χ4v) is 3.33. The molecule has 0 spiro atoms. The van der Waals surface area contributed by atoms with E-state index in [1.54, 1.807) is 11.3 Å². The Morgan fingerprint density at radius 1 is 1.59 bits per heavy atom. The Hall–Kier alpha value is -0.650. The molecule has 2 aromatic heterocycles. The van der Waals surface area contributed by atoms with Crippen molar-refractivity contribution in [2.45, 2.75) is 25.9 Å². The lowest BCUT2D eigenvalue weighted by Crippen LogP contribution is -2.17. The smallest absolute Gasteiger partial charge is 0.0522 e. The average Bonchev–Trinajstić information content (AvgIpc) is 2.94. The Morgan fingerprint density at radius 3 is 2.94 bits per heavy atom. The van der Waals surface area contributed by atoms with Crippen LogP contribution in [0.4, 0.5) is 0 Å². The standard InChI is InChI=1S/C12H16BrN3S/c1-3-16-7-9(6-15-16)4-11(14-2)12-5-10(13)8-17-12/h5-8,11,14H,3-4H2,1-2H3. The number of hydrogen-bond donors (Lipinski definition) is 1. The zero-order valence-electron chi connectivity index (χ0n) is 9.98. The molecule has 0 bridgehead atoms. The van der Waals surface area contributed by atoms with Crippen molar-refractivity contribution < 1.29 is 0 Å². The summed E-state index contributed by atoms with van der Waals surface area (Å²) in [6.07, 6.45) is 5.05. The van der Waals surface area contributed by atoms with Gasteiger partial charge in [-0.1, -0.05) is 0 Å². The predicted molar refractivity (Wildman–Crippen MR) is 75.4 cm³/mol. The fraction of sp³-hybridized carbons (Fsp3) is 0.417. The molecule has 2 rings (SSSR count). The van der Waals surface area contributed by atoms with Crippen molar-refractivity contribution in [1.29, 1.82) is 0 Å². The van der Waals surface area contributed by atoms with Crippen LogP contribution in [0.1, 0.15) is 23.4 Å².